The van der Waals surface area contributed by atoms with Gasteiger partial charge in [-0.05, 0) is 6.08 Å². The van der Waals surface area contributed by atoms with Crippen molar-refractivity contribution >= 4 is 9.84 Å². The zero-order valence-electron chi connectivity index (χ0n) is 7.71. The van der Waals surface area contributed by atoms with Crippen LogP contribution in [0.2, 0.25) is 0 Å². The van der Waals surface area contributed by atoms with E-state index in [1.807, 2.05) is 0 Å². The molecule has 0 unspecified atom stereocenters. The highest BCUT2D eigenvalue weighted by Crippen LogP contribution is 1.93. The Kier molecular flexibility index (Phi) is 3.31. The van der Waals surface area contributed by atoms with Gasteiger partial charge < -0.3 is 5.73 Å². The summed E-state index contributed by atoms with van der Waals surface area (Å²) < 4.78 is 21.5. The van der Waals surface area contributed by atoms with Crippen LogP contribution in [0.3, 0.4) is 0 Å². The lowest BCUT2D eigenvalue weighted by molar-refractivity contribution is -0.402. The zero-order valence-corrected chi connectivity index (χ0v) is 8.53. The van der Waals surface area contributed by atoms with E-state index in [4.69, 9.17) is 0 Å². The molecule has 0 amide bonds. The number of aromatic nitrogens is 4. The first-order chi connectivity index (χ1) is 6.47. The summed E-state index contributed by atoms with van der Waals surface area (Å²) in [5.74, 6) is 0.517. The molecule has 1 aromatic heterocycles. The van der Waals surface area contributed by atoms with Crippen LogP contribution in [0.1, 0.15) is 5.82 Å². The van der Waals surface area contributed by atoms with E-state index in [9.17, 15) is 8.42 Å². The third kappa shape index (κ3) is 4.10. The van der Waals surface area contributed by atoms with Crippen LogP contribution in [0, 0.1) is 0 Å². The van der Waals surface area contributed by atoms with E-state index in [0.717, 1.165) is 11.7 Å². The second-order valence-corrected chi connectivity index (χ2v) is 4.88. The topological polar surface area (TPSA) is 116 Å². The molecule has 1 rings (SSSR count). The number of H-pyrrole nitrogens is 1. The molecule has 8 heteroatoms. The van der Waals surface area contributed by atoms with E-state index < -0.39 is 9.84 Å². The monoisotopic (exact) mass is 218 g/mol. The van der Waals surface area contributed by atoms with Crippen molar-refractivity contribution in [2.45, 2.75) is 12.5 Å². The molecule has 4 N–H and O–H groups in total. The van der Waals surface area contributed by atoms with Gasteiger partial charge in [0.15, 0.2) is 15.7 Å². The normalized spacial score (nSPS) is 14.7. The fourth-order valence-electron chi connectivity index (χ4n) is 0.825. The van der Waals surface area contributed by atoms with E-state index in [1.54, 1.807) is 0 Å². The fraction of sp³-hybridized carbons (Fsp3) is 0.500. The maximum absolute atomic E-state index is 10.8. The van der Waals surface area contributed by atoms with Gasteiger partial charge in [0, 0.05) is 11.7 Å². The number of quaternary nitrogens is 1. The van der Waals surface area contributed by atoms with Crippen LogP contribution >= 0.6 is 0 Å². The quantitative estimate of drug-likeness (QED) is 0.601. The van der Waals surface area contributed by atoms with Gasteiger partial charge in [0.2, 0.25) is 0 Å². The van der Waals surface area contributed by atoms with Crippen molar-refractivity contribution in [1.82, 2.24) is 20.6 Å². The van der Waals surface area contributed by atoms with Crippen molar-refractivity contribution in [2.75, 3.05) is 6.26 Å². The molecule has 0 bridgehead atoms. The Labute approximate surface area is 81.3 Å². The second kappa shape index (κ2) is 4.29. The van der Waals surface area contributed by atoms with Gasteiger partial charge in [-0.15, -0.1) is 10.2 Å². The molecule has 0 aromatic carbocycles. The van der Waals surface area contributed by atoms with E-state index in [-0.39, 0.29) is 6.04 Å². The largest absolute Gasteiger partial charge is 0.351 e. The molecule has 0 fully saturated rings. The first-order valence-electron chi connectivity index (χ1n) is 3.91. The van der Waals surface area contributed by atoms with Gasteiger partial charge in [-0.2, -0.15) is 5.21 Å². The van der Waals surface area contributed by atoms with Crippen molar-refractivity contribution in [2.24, 2.45) is 0 Å². The van der Waals surface area contributed by atoms with Gasteiger partial charge in [-0.3, -0.25) is 0 Å². The Morgan fingerprint density at radius 1 is 1.64 bits per heavy atom. The molecule has 0 spiro atoms. The van der Waals surface area contributed by atoms with Crippen LogP contribution in [0.15, 0.2) is 11.5 Å². The molecule has 78 valence electrons. The minimum Gasteiger partial charge on any atom is -0.351 e. The van der Waals surface area contributed by atoms with Gasteiger partial charge in [-0.25, -0.2) is 8.42 Å². The van der Waals surface area contributed by atoms with Gasteiger partial charge in [-0.1, -0.05) is 5.21 Å². The number of nitrogens with zero attached hydrogens (tertiary/aromatic N) is 3. The van der Waals surface area contributed by atoms with E-state index >= 15 is 0 Å². The molecule has 0 aliphatic heterocycles. The Morgan fingerprint density at radius 2 is 2.36 bits per heavy atom. The number of rotatable bonds is 4. The maximum atomic E-state index is 10.8. The summed E-state index contributed by atoms with van der Waals surface area (Å²) in [7, 11) is -3.08. The van der Waals surface area contributed by atoms with Crippen LogP contribution in [0.5, 0.6) is 0 Å². The molecule has 0 aliphatic rings. The Hall–Kier alpha value is -1.28. The van der Waals surface area contributed by atoms with Crippen molar-refractivity contribution < 1.29 is 14.2 Å². The summed E-state index contributed by atoms with van der Waals surface area (Å²) in [6.07, 6.45) is 3.10. The van der Waals surface area contributed by atoms with E-state index in [2.05, 4.69) is 26.4 Å². The highest BCUT2D eigenvalue weighted by Gasteiger charge is 2.08. The summed E-state index contributed by atoms with van der Waals surface area (Å²) in [5.41, 5.74) is 3.74. The number of nitrogens with one attached hydrogen (secondary N) is 1. The highest BCUT2D eigenvalue weighted by atomic mass is 32.2. The van der Waals surface area contributed by atoms with Crippen molar-refractivity contribution in [3.8, 4) is 0 Å². The van der Waals surface area contributed by atoms with Gasteiger partial charge in [0.25, 0.3) is 0 Å². The molecular formula is C6H12N5O2S+. The molecular weight excluding hydrogens is 206 g/mol. The van der Waals surface area contributed by atoms with Crippen LogP contribution in [0.25, 0.3) is 0 Å². The lowest BCUT2D eigenvalue weighted by atomic mass is 10.2. The first kappa shape index (κ1) is 10.8. The highest BCUT2D eigenvalue weighted by molar-refractivity contribution is 7.93. The molecule has 7 nitrogen and oxygen atoms in total. The van der Waals surface area contributed by atoms with Gasteiger partial charge in [0.05, 0.1) is 6.42 Å². The SMILES string of the molecule is CS(=O)(=O)/C=C/[C@@H]([NH3+])Cc1nn[nH]n1. The smallest absolute Gasteiger partial charge is 0.180 e. The van der Waals surface area contributed by atoms with E-state index in [0.29, 0.717) is 12.2 Å². The standard InChI is InChI=1S/C6H11N5O2S/c1-14(12,13)3-2-5(7)4-6-8-10-11-9-6/h2-3,5H,4,7H2,1H3,(H,8,9,10,11)/p+1/b3-2+/t5-/m1/s1. The minimum atomic E-state index is -3.08. The van der Waals surface area contributed by atoms with Crippen molar-refractivity contribution in [3.63, 3.8) is 0 Å². The van der Waals surface area contributed by atoms with Gasteiger partial charge >= 0.3 is 0 Å². The summed E-state index contributed by atoms with van der Waals surface area (Å²) in [4.78, 5) is 0. The number of sulfone groups is 1. The molecule has 0 radical (unpaired) electrons. The minimum absolute atomic E-state index is 0.178. The van der Waals surface area contributed by atoms with Crippen LogP contribution in [-0.2, 0) is 16.3 Å². The lowest BCUT2D eigenvalue weighted by Crippen LogP contribution is -2.61. The zero-order chi connectivity index (χ0) is 10.6. The Morgan fingerprint density at radius 3 is 2.86 bits per heavy atom. The number of tetrazole rings is 1. The Balaban J connectivity index is 2.52. The molecule has 0 saturated carbocycles. The molecule has 0 saturated heterocycles. The number of hydrogen-bond donors (Lipinski definition) is 2. The third-order valence-electron chi connectivity index (χ3n) is 1.43. The fourth-order valence-corrected chi connectivity index (χ4v) is 1.33. The molecule has 14 heavy (non-hydrogen) atoms. The summed E-state index contributed by atoms with van der Waals surface area (Å²) in [5, 5.41) is 14.3. The predicted molar refractivity (Wildman–Crippen MR) is 48.5 cm³/mol. The lowest BCUT2D eigenvalue weighted by Gasteiger charge is -1.97. The summed E-state index contributed by atoms with van der Waals surface area (Å²) in [6.45, 7) is 0. The van der Waals surface area contributed by atoms with Gasteiger partial charge in [0.1, 0.15) is 6.04 Å². The molecule has 1 atom stereocenters. The van der Waals surface area contributed by atoms with Crippen LogP contribution in [-0.4, -0.2) is 41.3 Å². The summed E-state index contributed by atoms with van der Waals surface area (Å²) >= 11 is 0. The average Bonchev–Trinajstić information content (AvgIpc) is 2.52. The maximum Gasteiger partial charge on any atom is 0.180 e. The number of hydrogen-bond acceptors (Lipinski definition) is 5. The van der Waals surface area contributed by atoms with Crippen LogP contribution in [0.4, 0.5) is 0 Å². The van der Waals surface area contributed by atoms with Crippen LogP contribution < -0.4 is 5.73 Å². The second-order valence-electron chi connectivity index (χ2n) is 2.95. The number of aromatic amines is 1. The van der Waals surface area contributed by atoms with E-state index in [1.165, 1.54) is 6.08 Å². The third-order valence-corrected chi connectivity index (χ3v) is 2.08. The van der Waals surface area contributed by atoms with Crippen molar-refractivity contribution in [1.29, 1.82) is 0 Å². The summed E-state index contributed by atoms with van der Waals surface area (Å²) in [6, 6.07) is -0.178. The average molecular weight is 218 g/mol. The molecule has 0 aliphatic carbocycles. The predicted octanol–water partition coefficient (Wildman–Crippen LogP) is -2.09. The first-order valence-corrected chi connectivity index (χ1v) is 5.86. The van der Waals surface area contributed by atoms with Crippen molar-refractivity contribution in [3.05, 3.63) is 17.3 Å². The molecule has 1 heterocycles. The Bertz CT molecular complexity index is 396. The molecule has 1 aromatic rings.